The third-order valence-corrected chi connectivity index (χ3v) is 5.63. The largest absolute Gasteiger partial charge is 0.417 e. The van der Waals surface area contributed by atoms with E-state index in [1.807, 2.05) is 0 Å². The van der Waals surface area contributed by atoms with Crippen molar-refractivity contribution in [1.29, 1.82) is 0 Å². The van der Waals surface area contributed by atoms with E-state index >= 15 is 0 Å². The maximum absolute atomic E-state index is 12.8. The molecule has 1 saturated carbocycles. The summed E-state index contributed by atoms with van der Waals surface area (Å²) in [6.45, 7) is 4.59. The van der Waals surface area contributed by atoms with Crippen LogP contribution in [0.5, 0.6) is 0 Å². The second-order valence-electron chi connectivity index (χ2n) is 7.25. The van der Waals surface area contributed by atoms with Gasteiger partial charge in [0.2, 0.25) is 5.91 Å². The number of aliphatic hydroxyl groups is 1. The molecular formula is C16H27F3N2O2. The molecule has 1 aliphatic carbocycles. The Bertz CT molecular complexity index is 420. The number of alkyl halides is 3. The molecule has 0 aromatic heterocycles. The molecule has 1 saturated heterocycles. The molecule has 2 N–H and O–H groups in total. The Balaban J connectivity index is 1.79. The van der Waals surface area contributed by atoms with Crippen LogP contribution in [0.2, 0.25) is 0 Å². The van der Waals surface area contributed by atoms with E-state index < -0.39 is 11.8 Å². The number of hydrogen-bond donors (Lipinski definition) is 2. The number of rotatable bonds is 3. The molecule has 1 amide bonds. The van der Waals surface area contributed by atoms with Gasteiger partial charge in [0.05, 0.1) is 6.54 Å². The summed E-state index contributed by atoms with van der Waals surface area (Å²) in [7, 11) is 0. The van der Waals surface area contributed by atoms with Crippen LogP contribution >= 0.6 is 0 Å². The van der Waals surface area contributed by atoms with Gasteiger partial charge in [0, 0.05) is 19.1 Å². The number of hydrogen-bond acceptors (Lipinski definition) is 3. The van der Waals surface area contributed by atoms with Crippen molar-refractivity contribution < 1.29 is 23.1 Å². The molecule has 0 bridgehead atoms. The predicted molar refractivity (Wildman–Crippen MR) is 80.8 cm³/mol. The van der Waals surface area contributed by atoms with E-state index in [2.05, 4.69) is 19.2 Å². The number of nitrogens with one attached hydrogen (secondary N) is 1. The molecule has 0 spiro atoms. The Morgan fingerprint density at radius 1 is 1.26 bits per heavy atom. The number of amides is 1. The third-order valence-electron chi connectivity index (χ3n) is 5.63. The quantitative estimate of drug-likeness (QED) is 0.832. The standard InChI is InChI=1S/C16H27F3N2O2/c1-11-4-3-5-13(12(11)2)20-14(22)10-21-8-6-15(23,7-9-21)16(17,18)19/h11-13,23H,3-10H2,1-2H3,(H,20,22). The minimum absolute atomic E-state index is 0.0834. The number of halogens is 3. The maximum atomic E-state index is 12.8. The Hall–Kier alpha value is -0.820. The molecule has 3 atom stereocenters. The third kappa shape index (κ3) is 4.38. The first-order chi connectivity index (χ1) is 10.6. The van der Waals surface area contributed by atoms with Crippen molar-refractivity contribution in [3.8, 4) is 0 Å². The molecule has 0 aromatic rings. The fraction of sp³-hybridized carbons (Fsp3) is 0.938. The van der Waals surface area contributed by atoms with Crippen molar-refractivity contribution in [2.45, 2.75) is 63.8 Å². The fourth-order valence-electron chi connectivity index (χ4n) is 3.61. The minimum Gasteiger partial charge on any atom is -0.380 e. The van der Waals surface area contributed by atoms with Gasteiger partial charge in [0.1, 0.15) is 0 Å². The van der Waals surface area contributed by atoms with E-state index in [0.29, 0.717) is 11.8 Å². The average molecular weight is 336 g/mol. The van der Waals surface area contributed by atoms with Gasteiger partial charge in [-0.3, -0.25) is 9.69 Å². The molecular weight excluding hydrogens is 309 g/mol. The first-order valence-corrected chi connectivity index (χ1v) is 8.43. The smallest absolute Gasteiger partial charge is 0.380 e. The summed E-state index contributed by atoms with van der Waals surface area (Å²) in [6.07, 6.45) is -2.12. The number of piperidine rings is 1. The second-order valence-corrected chi connectivity index (χ2v) is 7.25. The molecule has 2 fully saturated rings. The zero-order valence-corrected chi connectivity index (χ0v) is 13.8. The van der Waals surface area contributed by atoms with Gasteiger partial charge < -0.3 is 10.4 Å². The van der Waals surface area contributed by atoms with Gasteiger partial charge in [0.25, 0.3) is 0 Å². The normalized spacial score (nSPS) is 32.5. The summed E-state index contributed by atoms with van der Waals surface area (Å²) in [5.74, 6) is 0.864. The lowest BCUT2D eigenvalue weighted by atomic mass is 9.78. The van der Waals surface area contributed by atoms with Crippen molar-refractivity contribution in [2.75, 3.05) is 19.6 Å². The molecule has 1 heterocycles. The topological polar surface area (TPSA) is 52.6 Å². The van der Waals surface area contributed by atoms with Crippen LogP contribution in [0.25, 0.3) is 0 Å². The predicted octanol–water partition coefficient (Wildman–Crippen LogP) is 2.32. The highest BCUT2D eigenvalue weighted by molar-refractivity contribution is 5.78. The van der Waals surface area contributed by atoms with Crippen molar-refractivity contribution in [2.24, 2.45) is 11.8 Å². The first kappa shape index (κ1) is 18.5. The molecule has 2 rings (SSSR count). The van der Waals surface area contributed by atoms with Gasteiger partial charge in [-0.25, -0.2) is 0 Å². The maximum Gasteiger partial charge on any atom is 0.417 e. The summed E-state index contributed by atoms with van der Waals surface area (Å²) in [4.78, 5) is 13.8. The van der Waals surface area contributed by atoms with Crippen molar-refractivity contribution >= 4 is 5.91 Å². The average Bonchev–Trinajstić information content (AvgIpc) is 2.45. The second kappa shape index (κ2) is 6.97. The summed E-state index contributed by atoms with van der Waals surface area (Å²) in [5, 5.41) is 12.7. The van der Waals surface area contributed by atoms with Gasteiger partial charge in [-0.15, -0.1) is 0 Å². The summed E-state index contributed by atoms with van der Waals surface area (Å²) < 4.78 is 38.3. The molecule has 3 unspecified atom stereocenters. The highest BCUT2D eigenvalue weighted by Crippen LogP contribution is 2.38. The fourth-order valence-corrected chi connectivity index (χ4v) is 3.61. The van der Waals surface area contributed by atoms with Crippen molar-refractivity contribution in [3.05, 3.63) is 0 Å². The van der Waals surface area contributed by atoms with Crippen LogP contribution in [-0.4, -0.2) is 53.4 Å². The van der Waals surface area contributed by atoms with Gasteiger partial charge in [-0.1, -0.05) is 26.7 Å². The lowest BCUT2D eigenvalue weighted by molar-refractivity contribution is -0.272. The van der Waals surface area contributed by atoms with Crippen LogP contribution in [0.3, 0.4) is 0 Å². The highest BCUT2D eigenvalue weighted by atomic mass is 19.4. The summed E-state index contributed by atoms with van der Waals surface area (Å²) in [6, 6.07) is 0.156. The van der Waals surface area contributed by atoms with E-state index in [-0.39, 0.29) is 44.4 Å². The Labute approximate surface area is 135 Å². The Morgan fingerprint density at radius 3 is 2.43 bits per heavy atom. The van der Waals surface area contributed by atoms with Crippen LogP contribution in [0, 0.1) is 11.8 Å². The Kier molecular flexibility index (Phi) is 5.61. The van der Waals surface area contributed by atoms with Crippen LogP contribution < -0.4 is 5.32 Å². The van der Waals surface area contributed by atoms with Crippen LogP contribution in [-0.2, 0) is 4.79 Å². The first-order valence-electron chi connectivity index (χ1n) is 8.43. The minimum atomic E-state index is -4.60. The van der Waals surface area contributed by atoms with E-state index in [0.717, 1.165) is 12.8 Å². The number of likely N-dealkylation sites (tertiary alicyclic amines) is 1. The zero-order chi connectivity index (χ0) is 17.3. The van der Waals surface area contributed by atoms with E-state index in [1.165, 1.54) is 6.42 Å². The lowest BCUT2D eigenvalue weighted by Crippen LogP contribution is -2.55. The lowest BCUT2D eigenvalue weighted by Gasteiger charge is -2.39. The van der Waals surface area contributed by atoms with Crippen LogP contribution in [0.15, 0.2) is 0 Å². The SMILES string of the molecule is CC1CCCC(NC(=O)CN2CCC(O)(C(F)(F)F)CC2)C1C. The Morgan fingerprint density at radius 2 is 1.87 bits per heavy atom. The van der Waals surface area contributed by atoms with Crippen LogP contribution in [0.1, 0.15) is 46.0 Å². The molecule has 4 nitrogen and oxygen atoms in total. The van der Waals surface area contributed by atoms with E-state index in [1.54, 1.807) is 4.90 Å². The van der Waals surface area contributed by atoms with Gasteiger partial charge in [-0.05, 0) is 31.1 Å². The molecule has 134 valence electrons. The summed E-state index contributed by atoms with van der Waals surface area (Å²) in [5.41, 5.74) is -2.60. The van der Waals surface area contributed by atoms with Crippen molar-refractivity contribution in [1.82, 2.24) is 10.2 Å². The van der Waals surface area contributed by atoms with Gasteiger partial charge >= 0.3 is 6.18 Å². The highest BCUT2D eigenvalue weighted by Gasteiger charge is 2.54. The van der Waals surface area contributed by atoms with Crippen LogP contribution in [0.4, 0.5) is 13.2 Å². The van der Waals surface area contributed by atoms with Gasteiger partial charge in [0.15, 0.2) is 5.60 Å². The summed E-state index contributed by atoms with van der Waals surface area (Å²) >= 11 is 0. The molecule has 23 heavy (non-hydrogen) atoms. The molecule has 1 aliphatic heterocycles. The molecule has 0 aromatic carbocycles. The van der Waals surface area contributed by atoms with E-state index in [4.69, 9.17) is 0 Å². The van der Waals surface area contributed by atoms with Crippen molar-refractivity contribution in [3.63, 3.8) is 0 Å². The number of carbonyl (C=O) groups excluding carboxylic acids is 1. The molecule has 2 aliphatic rings. The van der Waals surface area contributed by atoms with E-state index in [9.17, 15) is 23.1 Å². The van der Waals surface area contributed by atoms with Gasteiger partial charge in [-0.2, -0.15) is 13.2 Å². The monoisotopic (exact) mass is 336 g/mol. The molecule has 7 heteroatoms. The molecule has 0 radical (unpaired) electrons. The number of nitrogens with zero attached hydrogens (tertiary/aromatic N) is 1. The number of carbonyl (C=O) groups is 1. The zero-order valence-electron chi connectivity index (χ0n) is 13.8.